The number of aromatic amines is 1. The number of pyridine rings is 1. The molecule has 0 fully saturated rings. The molecule has 0 saturated heterocycles. The van der Waals surface area contributed by atoms with Crippen molar-refractivity contribution in [2.75, 3.05) is 6.61 Å². The lowest BCUT2D eigenvalue weighted by atomic mass is 10.1. The topological polar surface area (TPSA) is 42.1 Å². The third-order valence-electron chi connectivity index (χ3n) is 2.66. The Morgan fingerprint density at radius 1 is 1.24 bits per heavy atom. The predicted octanol–water partition coefficient (Wildman–Crippen LogP) is 2.95. The van der Waals surface area contributed by atoms with Crippen molar-refractivity contribution in [3.8, 4) is 5.75 Å². The van der Waals surface area contributed by atoms with Crippen LogP contribution in [0, 0.1) is 5.92 Å². The van der Waals surface area contributed by atoms with Gasteiger partial charge in [0.15, 0.2) is 0 Å². The van der Waals surface area contributed by atoms with E-state index in [9.17, 15) is 4.79 Å². The van der Waals surface area contributed by atoms with Gasteiger partial charge in [-0.1, -0.05) is 13.8 Å². The van der Waals surface area contributed by atoms with Crippen molar-refractivity contribution in [1.82, 2.24) is 4.98 Å². The number of aromatic nitrogens is 1. The van der Waals surface area contributed by atoms with E-state index in [4.69, 9.17) is 4.74 Å². The van der Waals surface area contributed by atoms with E-state index in [1.807, 2.05) is 24.3 Å². The molecule has 1 N–H and O–H groups in total. The van der Waals surface area contributed by atoms with Crippen LogP contribution in [0.5, 0.6) is 5.75 Å². The minimum Gasteiger partial charge on any atom is -0.494 e. The van der Waals surface area contributed by atoms with Crippen LogP contribution in [-0.4, -0.2) is 11.6 Å². The van der Waals surface area contributed by atoms with Crippen LogP contribution in [-0.2, 0) is 0 Å². The lowest BCUT2D eigenvalue weighted by Crippen LogP contribution is -2.03. The smallest absolute Gasteiger partial charge is 0.248 e. The summed E-state index contributed by atoms with van der Waals surface area (Å²) >= 11 is 0. The van der Waals surface area contributed by atoms with Crippen molar-refractivity contribution in [1.29, 1.82) is 0 Å². The van der Waals surface area contributed by atoms with Crippen LogP contribution < -0.4 is 10.3 Å². The molecule has 1 heterocycles. The van der Waals surface area contributed by atoms with Crippen molar-refractivity contribution in [3.05, 3.63) is 40.7 Å². The molecule has 0 amide bonds. The quantitative estimate of drug-likeness (QED) is 0.879. The van der Waals surface area contributed by atoms with Gasteiger partial charge in [-0.3, -0.25) is 4.79 Å². The highest BCUT2D eigenvalue weighted by Crippen LogP contribution is 2.18. The van der Waals surface area contributed by atoms with E-state index in [0.717, 1.165) is 29.7 Å². The van der Waals surface area contributed by atoms with E-state index in [0.29, 0.717) is 5.92 Å². The van der Waals surface area contributed by atoms with Gasteiger partial charge in [0.05, 0.1) is 6.61 Å². The Morgan fingerprint density at radius 3 is 2.82 bits per heavy atom. The highest BCUT2D eigenvalue weighted by atomic mass is 16.5. The van der Waals surface area contributed by atoms with Crippen molar-refractivity contribution in [3.63, 3.8) is 0 Å². The molecule has 0 aliphatic rings. The van der Waals surface area contributed by atoms with Crippen molar-refractivity contribution in [2.45, 2.75) is 20.3 Å². The molecular formula is C14H17NO2. The average Bonchev–Trinajstić information content (AvgIpc) is 2.29. The number of ether oxygens (including phenoxy) is 1. The maximum absolute atomic E-state index is 11.1. The van der Waals surface area contributed by atoms with Crippen molar-refractivity contribution < 1.29 is 4.74 Å². The first-order valence-corrected chi connectivity index (χ1v) is 5.91. The lowest BCUT2D eigenvalue weighted by molar-refractivity contribution is 0.290. The first-order chi connectivity index (χ1) is 8.15. The third kappa shape index (κ3) is 3.09. The fourth-order valence-corrected chi connectivity index (χ4v) is 1.63. The number of hydrogen-bond acceptors (Lipinski definition) is 2. The van der Waals surface area contributed by atoms with Crippen LogP contribution in [0.25, 0.3) is 10.9 Å². The first kappa shape index (κ1) is 11.7. The molecule has 1 aromatic carbocycles. The van der Waals surface area contributed by atoms with Gasteiger partial charge in [-0.05, 0) is 36.6 Å². The summed E-state index contributed by atoms with van der Waals surface area (Å²) in [4.78, 5) is 13.9. The standard InChI is InChI=1S/C14H17NO2/c1-10(2)7-8-17-12-4-5-13-11(9-12)3-6-14(16)15-13/h3-6,9-10H,7-8H2,1-2H3,(H,15,16). The van der Waals surface area contributed by atoms with E-state index in [2.05, 4.69) is 18.8 Å². The molecule has 0 radical (unpaired) electrons. The molecule has 90 valence electrons. The zero-order valence-electron chi connectivity index (χ0n) is 10.2. The largest absolute Gasteiger partial charge is 0.494 e. The van der Waals surface area contributed by atoms with Crippen molar-refractivity contribution in [2.24, 2.45) is 5.92 Å². The molecule has 3 heteroatoms. The summed E-state index contributed by atoms with van der Waals surface area (Å²) in [5.74, 6) is 1.50. The molecule has 0 saturated carbocycles. The van der Waals surface area contributed by atoms with Crippen LogP contribution in [0.4, 0.5) is 0 Å². The number of nitrogens with one attached hydrogen (secondary N) is 1. The van der Waals surface area contributed by atoms with Gasteiger partial charge in [0.2, 0.25) is 5.56 Å². The Hall–Kier alpha value is -1.77. The second-order valence-electron chi connectivity index (χ2n) is 4.60. The molecule has 0 aliphatic heterocycles. The zero-order valence-corrected chi connectivity index (χ0v) is 10.2. The Labute approximate surface area is 100 Å². The van der Waals surface area contributed by atoms with Crippen LogP contribution >= 0.6 is 0 Å². The van der Waals surface area contributed by atoms with E-state index in [1.54, 1.807) is 0 Å². The summed E-state index contributed by atoms with van der Waals surface area (Å²) in [7, 11) is 0. The Kier molecular flexibility index (Phi) is 3.47. The van der Waals surface area contributed by atoms with Crippen molar-refractivity contribution >= 4 is 10.9 Å². The third-order valence-corrected chi connectivity index (χ3v) is 2.66. The van der Waals surface area contributed by atoms with Crippen LogP contribution in [0.2, 0.25) is 0 Å². The summed E-state index contributed by atoms with van der Waals surface area (Å²) in [6, 6.07) is 9.05. The highest BCUT2D eigenvalue weighted by molar-refractivity contribution is 5.79. The summed E-state index contributed by atoms with van der Waals surface area (Å²) in [5.41, 5.74) is 0.764. The molecule has 0 aliphatic carbocycles. The predicted molar refractivity (Wildman–Crippen MR) is 69.5 cm³/mol. The minimum absolute atomic E-state index is 0.0778. The van der Waals surface area contributed by atoms with Gasteiger partial charge in [-0.25, -0.2) is 0 Å². The zero-order chi connectivity index (χ0) is 12.3. The fourth-order valence-electron chi connectivity index (χ4n) is 1.63. The molecule has 0 bridgehead atoms. The molecule has 3 nitrogen and oxygen atoms in total. The van der Waals surface area contributed by atoms with E-state index < -0.39 is 0 Å². The summed E-state index contributed by atoms with van der Waals surface area (Å²) in [5, 5.41) is 0.992. The Bertz CT molecular complexity index is 557. The second-order valence-corrected chi connectivity index (χ2v) is 4.60. The number of rotatable bonds is 4. The van der Waals surface area contributed by atoms with Gasteiger partial charge in [0, 0.05) is 17.0 Å². The monoisotopic (exact) mass is 231 g/mol. The molecule has 17 heavy (non-hydrogen) atoms. The number of fused-ring (bicyclic) bond motifs is 1. The SMILES string of the molecule is CC(C)CCOc1ccc2[nH]c(=O)ccc2c1. The van der Waals surface area contributed by atoms with Gasteiger partial charge >= 0.3 is 0 Å². The van der Waals surface area contributed by atoms with Gasteiger partial charge in [-0.2, -0.15) is 0 Å². The maximum atomic E-state index is 11.1. The van der Waals surface area contributed by atoms with Crippen LogP contribution in [0.1, 0.15) is 20.3 Å². The van der Waals surface area contributed by atoms with E-state index >= 15 is 0 Å². The minimum atomic E-state index is -0.0778. The number of benzene rings is 1. The molecule has 1 aromatic heterocycles. The second kappa shape index (κ2) is 5.04. The molecule has 2 aromatic rings. The van der Waals surface area contributed by atoms with Crippen LogP contribution in [0.15, 0.2) is 35.1 Å². The summed E-state index contributed by atoms with van der Waals surface area (Å²) < 4.78 is 5.66. The lowest BCUT2D eigenvalue weighted by Gasteiger charge is -2.08. The fraction of sp³-hybridized carbons (Fsp3) is 0.357. The molecule has 0 atom stereocenters. The van der Waals surface area contributed by atoms with Gasteiger partial charge < -0.3 is 9.72 Å². The van der Waals surface area contributed by atoms with Crippen LogP contribution in [0.3, 0.4) is 0 Å². The number of H-pyrrole nitrogens is 1. The van der Waals surface area contributed by atoms with E-state index in [1.165, 1.54) is 6.07 Å². The first-order valence-electron chi connectivity index (χ1n) is 5.91. The van der Waals surface area contributed by atoms with E-state index in [-0.39, 0.29) is 5.56 Å². The normalized spacial score (nSPS) is 11.0. The summed E-state index contributed by atoms with van der Waals surface area (Å²) in [6.07, 6.45) is 1.05. The van der Waals surface area contributed by atoms with Gasteiger partial charge in [-0.15, -0.1) is 0 Å². The number of hydrogen-bond donors (Lipinski definition) is 1. The summed E-state index contributed by atoms with van der Waals surface area (Å²) in [6.45, 7) is 5.08. The van der Waals surface area contributed by atoms with Gasteiger partial charge in [0.25, 0.3) is 0 Å². The molecule has 0 unspecified atom stereocenters. The maximum Gasteiger partial charge on any atom is 0.248 e. The molecule has 0 spiro atoms. The Morgan fingerprint density at radius 2 is 2.06 bits per heavy atom. The molecule has 2 rings (SSSR count). The average molecular weight is 231 g/mol. The highest BCUT2D eigenvalue weighted by Gasteiger charge is 1.99. The van der Waals surface area contributed by atoms with Gasteiger partial charge in [0.1, 0.15) is 5.75 Å². The molecular weight excluding hydrogens is 214 g/mol. The Balaban J connectivity index is 2.15.